The first-order valence-electron chi connectivity index (χ1n) is 16.4. The van der Waals surface area contributed by atoms with E-state index in [1.165, 1.54) is 69.7 Å². The third kappa shape index (κ3) is 15.8. The third-order valence-electron chi connectivity index (χ3n) is 6.54. The topological polar surface area (TPSA) is 317 Å². The number of nitrogens with zero attached hydrogens (tertiary/aromatic N) is 6. The van der Waals surface area contributed by atoms with Crippen LogP contribution in [0.1, 0.15) is 37.0 Å². The molecule has 0 saturated carbocycles. The number of methoxy groups -OCH3 is 2. The van der Waals surface area contributed by atoms with Gasteiger partial charge in [-0.25, -0.2) is 19.3 Å². The molecule has 0 aliphatic carbocycles. The lowest BCUT2D eigenvalue weighted by molar-refractivity contribution is -0.135. The molecule has 0 bridgehead atoms. The van der Waals surface area contributed by atoms with E-state index < -0.39 is 64.6 Å². The zero-order chi connectivity index (χ0) is 45.6. The Kier molecular flexibility index (Phi) is 18.4. The first-order valence-corrected chi connectivity index (χ1v) is 20.5. The number of carbonyl (C=O) groups is 3. The van der Waals surface area contributed by atoms with Crippen LogP contribution in [-0.2, 0) is 24.8 Å². The summed E-state index contributed by atoms with van der Waals surface area (Å²) in [4.78, 5) is 75.1. The summed E-state index contributed by atoms with van der Waals surface area (Å²) in [5.41, 5.74) is -0.291. The zero-order valence-corrected chi connectivity index (χ0v) is 36.0. The molecule has 1 aromatic carbocycles. The molecule has 23 nitrogen and oxygen atoms in total. The van der Waals surface area contributed by atoms with Gasteiger partial charge in [0.15, 0.2) is 5.03 Å². The summed E-state index contributed by atoms with van der Waals surface area (Å²) in [6.45, 7) is 5.25. The van der Waals surface area contributed by atoms with Gasteiger partial charge in [0.2, 0.25) is 23.6 Å². The highest BCUT2D eigenvalue weighted by molar-refractivity contribution is 7.90. The number of amides is 3. The van der Waals surface area contributed by atoms with Gasteiger partial charge < -0.3 is 38.4 Å². The number of aromatic nitrogens is 5. The number of ether oxygens (including phenoxy) is 3. The number of carbonyl (C=O) groups excluding carboxylic acids is 2. The van der Waals surface area contributed by atoms with Crippen LogP contribution in [-0.4, -0.2) is 119 Å². The number of carboxylic acids is 1. The molecule has 0 atom stereocenters. The number of terminal acetylenes is 1. The van der Waals surface area contributed by atoms with Gasteiger partial charge in [0.1, 0.15) is 12.4 Å². The van der Waals surface area contributed by atoms with Crippen LogP contribution in [0.4, 0.5) is 10.7 Å². The van der Waals surface area contributed by atoms with Crippen LogP contribution >= 0.6 is 30.8 Å². The number of nitrogens with one attached hydrogen (secondary N) is 3. The molecule has 27 heteroatoms. The van der Waals surface area contributed by atoms with Crippen molar-refractivity contribution in [2.24, 2.45) is 0 Å². The Morgan fingerprint density at radius 1 is 1.07 bits per heavy atom. The maximum atomic E-state index is 12.5. The minimum Gasteiger partial charge on any atom is -0.481 e. The number of benzene rings is 1. The highest BCUT2D eigenvalue weighted by Gasteiger charge is 2.28. The minimum absolute atomic E-state index is 0.0434. The second-order valence-corrected chi connectivity index (χ2v) is 16.7. The molecule has 3 aromatic heterocycles. The molecule has 0 unspecified atom stereocenters. The van der Waals surface area contributed by atoms with Crippen LogP contribution in [0.2, 0.25) is 10.0 Å². The van der Waals surface area contributed by atoms with Crippen LogP contribution in [0, 0.1) is 12.3 Å². The molecule has 4 rings (SSSR count). The van der Waals surface area contributed by atoms with E-state index in [4.69, 9.17) is 63.1 Å². The van der Waals surface area contributed by atoms with E-state index >= 15 is 0 Å². The van der Waals surface area contributed by atoms with Gasteiger partial charge in [-0.15, -0.1) is 11.5 Å². The SMILES string of the molecule is C#CCOc1cc(-n2nc(C(C)(C)C)oc2=O)c(Cl)cc1Cl.COc1cc(OC)nc(NC(=O)NS(=O)(=O)c2ncccc2C(=O)N(C)C)n1.O=C(O)CNCP(=O)(O)O. The van der Waals surface area contributed by atoms with E-state index in [0.29, 0.717) is 17.3 Å². The molecule has 0 saturated heterocycles. The number of hydrogen-bond donors (Lipinski definition) is 6. The summed E-state index contributed by atoms with van der Waals surface area (Å²) in [5, 5.41) is 16.3. The van der Waals surface area contributed by atoms with Gasteiger partial charge in [0, 0.05) is 31.8 Å². The van der Waals surface area contributed by atoms with Gasteiger partial charge in [-0.1, -0.05) is 49.9 Å². The lowest BCUT2D eigenvalue weighted by atomic mass is 9.97. The molecular formula is C33H40Cl2N9O14PS. The summed E-state index contributed by atoms with van der Waals surface area (Å²) in [6, 6.07) is 5.86. The molecule has 0 spiro atoms. The Bertz CT molecular complexity index is 2410. The van der Waals surface area contributed by atoms with Crippen molar-refractivity contribution in [3.63, 3.8) is 0 Å². The molecular weight excluding hydrogens is 880 g/mol. The standard InChI is InChI=1S/C15H14Cl2N2O3.C15H18N6O6S.C3H8NO5P/c1-5-6-21-12-8-11(9(16)7-10(12)17)19-14(20)22-13(18-19)15(2,3)4;1-21(2)13(22)9-6-5-7-16-12(9)28(24,25)20-15(23)19-14-17-10(26-3)8-11(18-14)27-4;5-3(6)1-4-2-10(7,8)9/h1,7-8H,6H2,2-4H3;5-8H,1-4H3,(H2,17,18,19,20,23);4H,1-2H2,(H,5,6)(H2,7,8,9). The lowest BCUT2D eigenvalue weighted by Crippen LogP contribution is -2.36. The molecule has 0 fully saturated rings. The van der Waals surface area contributed by atoms with E-state index in [0.717, 1.165) is 4.68 Å². The summed E-state index contributed by atoms with van der Waals surface area (Å²) in [5.74, 6) is 0.501. The van der Waals surface area contributed by atoms with Crippen LogP contribution < -0.4 is 35.3 Å². The number of pyridine rings is 1. The van der Waals surface area contributed by atoms with Crippen molar-refractivity contribution in [2.45, 2.75) is 31.2 Å². The molecule has 0 aliphatic heterocycles. The quantitative estimate of drug-likeness (QED) is 0.0828. The Morgan fingerprint density at radius 2 is 1.68 bits per heavy atom. The zero-order valence-electron chi connectivity index (χ0n) is 32.8. The maximum absolute atomic E-state index is 12.5. The molecule has 0 aliphatic rings. The molecule has 0 radical (unpaired) electrons. The van der Waals surface area contributed by atoms with E-state index in [1.54, 1.807) is 4.72 Å². The third-order valence-corrected chi connectivity index (χ3v) is 9.06. The van der Waals surface area contributed by atoms with E-state index in [-0.39, 0.29) is 39.9 Å². The highest BCUT2D eigenvalue weighted by atomic mass is 35.5. The van der Waals surface area contributed by atoms with Gasteiger partial charge in [0.05, 0.1) is 54.4 Å². The Balaban J connectivity index is 0.000000344. The smallest absolute Gasteiger partial charge is 0.442 e. The lowest BCUT2D eigenvalue weighted by Gasteiger charge is -2.14. The van der Waals surface area contributed by atoms with Crippen molar-refractivity contribution in [1.29, 1.82) is 0 Å². The molecule has 4 aromatic rings. The van der Waals surface area contributed by atoms with Crippen LogP contribution in [0.5, 0.6) is 17.5 Å². The monoisotopic (exact) mass is 919 g/mol. The van der Waals surface area contributed by atoms with Gasteiger partial charge in [0.25, 0.3) is 15.9 Å². The van der Waals surface area contributed by atoms with Crippen molar-refractivity contribution < 1.29 is 60.9 Å². The molecule has 6 N–H and O–H groups in total. The van der Waals surface area contributed by atoms with Crippen molar-refractivity contribution in [3.8, 4) is 35.5 Å². The van der Waals surface area contributed by atoms with Crippen LogP contribution in [0.3, 0.4) is 0 Å². The number of rotatable bonds is 13. The van der Waals surface area contributed by atoms with E-state index in [9.17, 15) is 32.2 Å². The molecule has 60 heavy (non-hydrogen) atoms. The van der Waals surface area contributed by atoms with Gasteiger partial charge in [-0.3, -0.25) is 24.8 Å². The average Bonchev–Trinajstić information content (AvgIpc) is 3.55. The van der Waals surface area contributed by atoms with Crippen LogP contribution in [0.25, 0.3) is 5.69 Å². The fraction of sp³-hybridized carbons (Fsp3) is 0.333. The first kappa shape index (κ1) is 50.3. The number of aliphatic carboxylic acids is 1. The van der Waals surface area contributed by atoms with Crippen molar-refractivity contribution in [3.05, 3.63) is 68.6 Å². The van der Waals surface area contributed by atoms with Crippen molar-refractivity contribution in [2.75, 3.05) is 53.1 Å². The normalized spacial score (nSPS) is 11.0. The second kappa shape index (κ2) is 22.0. The summed E-state index contributed by atoms with van der Waals surface area (Å²) in [6.07, 6.45) is 5.75. The summed E-state index contributed by atoms with van der Waals surface area (Å²) < 4.78 is 58.3. The van der Waals surface area contributed by atoms with Gasteiger partial charge in [-0.05, 0) is 18.2 Å². The molecule has 3 amide bonds. The summed E-state index contributed by atoms with van der Waals surface area (Å²) in [7, 11) is -2.94. The minimum atomic E-state index is -4.46. The van der Waals surface area contributed by atoms with Crippen LogP contribution in [0.15, 0.2) is 50.8 Å². The maximum Gasteiger partial charge on any atom is 0.442 e. The summed E-state index contributed by atoms with van der Waals surface area (Å²) >= 11 is 12.2. The van der Waals surface area contributed by atoms with Crippen molar-refractivity contribution in [1.82, 2.24) is 39.7 Å². The van der Waals surface area contributed by atoms with Gasteiger partial charge in [-0.2, -0.15) is 23.1 Å². The number of carboxylic acid groups (broad SMARTS) is 1. The van der Waals surface area contributed by atoms with Crippen molar-refractivity contribution >= 4 is 64.7 Å². The second-order valence-electron chi connectivity index (χ2n) is 12.6. The Morgan fingerprint density at radius 3 is 2.18 bits per heavy atom. The largest absolute Gasteiger partial charge is 0.481 e. The number of sulfonamides is 1. The van der Waals surface area contributed by atoms with Gasteiger partial charge >= 0.3 is 25.4 Å². The predicted octanol–water partition coefficient (Wildman–Crippen LogP) is 2.34. The fourth-order valence-electron chi connectivity index (χ4n) is 3.93. The fourth-order valence-corrected chi connectivity index (χ4v) is 5.88. The molecule has 3 heterocycles. The number of halogens is 2. The van der Waals surface area contributed by atoms with E-state index in [2.05, 4.69) is 36.6 Å². The molecule has 326 valence electrons. The predicted molar refractivity (Wildman–Crippen MR) is 214 cm³/mol. The highest BCUT2D eigenvalue weighted by Crippen LogP contribution is 2.33. The first-order chi connectivity index (χ1) is 27.8. The number of anilines is 1. The number of urea groups is 1. The Hall–Kier alpha value is -5.80. The Labute approximate surface area is 352 Å². The van der Waals surface area contributed by atoms with E-state index in [1.807, 2.05) is 20.8 Å². The average molecular weight is 921 g/mol. The number of hydrogen-bond acceptors (Lipinski definition) is 16.